The van der Waals surface area contributed by atoms with Crippen LogP contribution in [0.15, 0.2) is 30.7 Å². The normalized spacial score (nSPS) is 15.2. The van der Waals surface area contributed by atoms with Crippen LogP contribution in [0.25, 0.3) is 11.3 Å². The lowest BCUT2D eigenvalue weighted by Gasteiger charge is -2.30. The van der Waals surface area contributed by atoms with Gasteiger partial charge in [0.25, 0.3) is 11.9 Å². The minimum Gasteiger partial charge on any atom is -0.492 e. The van der Waals surface area contributed by atoms with Crippen molar-refractivity contribution in [1.82, 2.24) is 19.7 Å². The Bertz CT molecular complexity index is 1220. The van der Waals surface area contributed by atoms with E-state index in [0.717, 1.165) is 4.68 Å². The van der Waals surface area contributed by atoms with Crippen LogP contribution >= 0.6 is 0 Å². The highest BCUT2D eigenvalue weighted by atomic mass is 19.4. The van der Waals surface area contributed by atoms with Gasteiger partial charge >= 0.3 is 6.18 Å². The van der Waals surface area contributed by atoms with Crippen molar-refractivity contribution in [3.63, 3.8) is 0 Å². The maximum Gasteiger partial charge on any atom is 0.408 e. The summed E-state index contributed by atoms with van der Waals surface area (Å²) in [4.78, 5) is 23.0. The number of ether oxygens (including phenoxy) is 1. The number of alkyl halides is 3. The second-order valence-electron chi connectivity index (χ2n) is 7.98. The number of hydrogen-bond acceptors (Lipinski definition) is 5. The highest BCUT2D eigenvalue weighted by Crippen LogP contribution is 2.43. The smallest absolute Gasteiger partial charge is 0.408 e. The first-order valence-electron chi connectivity index (χ1n) is 9.58. The Hall–Kier alpha value is -3.50. The number of methoxy groups -OCH3 is 1. The number of carbonyl (C=O) groups is 1. The highest BCUT2D eigenvalue weighted by Gasteiger charge is 2.47. The van der Waals surface area contributed by atoms with Gasteiger partial charge in [-0.25, -0.2) is 9.97 Å². The maximum absolute atomic E-state index is 13.7. The summed E-state index contributed by atoms with van der Waals surface area (Å²) in [5, 5.41) is 3.75. The Kier molecular flexibility index (Phi) is 4.94. The van der Waals surface area contributed by atoms with Gasteiger partial charge < -0.3 is 4.74 Å². The van der Waals surface area contributed by atoms with Gasteiger partial charge in [-0.3, -0.25) is 14.4 Å². The first kappa shape index (κ1) is 21.7. The van der Waals surface area contributed by atoms with Crippen molar-refractivity contribution >= 4 is 11.6 Å². The molecule has 0 N–H and O–H groups in total. The fourth-order valence-corrected chi connectivity index (χ4v) is 3.89. The lowest BCUT2D eigenvalue weighted by Crippen LogP contribution is -2.39. The Labute approximate surface area is 180 Å². The standard InChI is InChI=1S/C21H19F4N5O2/c1-11-5-14(12-6-15(32-4)18(22)26-7-12)28-17-16(11)19(31)30(20(17,2)3)13-8-27-29(9-13)10-21(23,24)25/h5-9H,10H2,1-4H3. The molecule has 7 nitrogen and oxygen atoms in total. The summed E-state index contributed by atoms with van der Waals surface area (Å²) in [6, 6.07) is 3.14. The molecule has 0 atom stereocenters. The van der Waals surface area contributed by atoms with E-state index in [2.05, 4.69) is 15.1 Å². The fraction of sp³-hybridized carbons (Fsp3) is 0.333. The third-order valence-electron chi connectivity index (χ3n) is 5.31. The highest BCUT2D eigenvalue weighted by molar-refractivity contribution is 6.12. The molecule has 4 heterocycles. The Morgan fingerprint density at radius 3 is 2.56 bits per heavy atom. The molecular formula is C21H19F4N5O2. The van der Waals surface area contributed by atoms with Gasteiger partial charge in [0.2, 0.25) is 0 Å². The number of pyridine rings is 2. The van der Waals surface area contributed by atoms with E-state index in [-0.39, 0.29) is 17.3 Å². The topological polar surface area (TPSA) is 73.1 Å². The van der Waals surface area contributed by atoms with Gasteiger partial charge in [0.1, 0.15) is 6.54 Å². The van der Waals surface area contributed by atoms with Crippen molar-refractivity contribution in [3.05, 3.63) is 53.5 Å². The van der Waals surface area contributed by atoms with Crippen molar-refractivity contribution in [2.24, 2.45) is 0 Å². The lowest BCUT2D eigenvalue weighted by molar-refractivity contribution is -0.142. The molecule has 11 heteroatoms. The molecule has 0 bridgehead atoms. The summed E-state index contributed by atoms with van der Waals surface area (Å²) in [6.45, 7) is 3.97. The zero-order valence-corrected chi connectivity index (χ0v) is 17.7. The minimum absolute atomic E-state index is 0.0449. The molecule has 0 aromatic carbocycles. The molecule has 3 aromatic rings. The van der Waals surface area contributed by atoms with Crippen molar-refractivity contribution in [2.75, 3.05) is 12.0 Å². The lowest BCUT2D eigenvalue weighted by atomic mass is 9.96. The molecule has 0 aliphatic carbocycles. The Balaban J connectivity index is 1.78. The van der Waals surface area contributed by atoms with E-state index in [4.69, 9.17) is 4.74 Å². The molecule has 0 saturated heterocycles. The molecule has 0 fully saturated rings. The fourth-order valence-electron chi connectivity index (χ4n) is 3.89. The summed E-state index contributed by atoms with van der Waals surface area (Å²) in [7, 11) is 1.32. The quantitative estimate of drug-likeness (QED) is 0.440. The average Bonchev–Trinajstić information content (AvgIpc) is 3.20. The van der Waals surface area contributed by atoms with Crippen LogP contribution in [0.1, 0.15) is 35.5 Å². The minimum atomic E-state index is -4.44. The van der Waals surface area contributed by atoms with Crippen LogP contribution < -0.4 is 9.64 Å². The number of halogens is 4. The molecule has 0 radical (unpaired) electrons. The van der Waals surface area contributed by atoms with Crippen LogP contribution in [-0.4, -0.2) is 38.9 Å². The van der Waals surface area contributed by atoms with Gasteiger partial charge in [-0.2, -0.15) is 22.7 Å². The second kappa shape index (κ2) is 7.28. The number of nitrogens with zero attached hydrogens (tertiary/aromatic N) is 5. The molecule has 32 heavy (non-hydrogen) atoms. The largest absolute Gasteiger partial charge is 0.492 e. The van der Waals surface area contributed by atoms with Gasteiger partial charge in [0.05, 0.1) is 41.5 Å². The number of amides is 1. The molecule has 0 saturated carbocycles. The zero-order valence-electron chi connectivity index (χ0n) is 17.7. The second-order valence-corrected chi connectivity index (χ2v) is 7.98. The summed E-state index contributed by atoms with van der Waals surface area (Å²) in [5.74, 6) is -1.19. The summed E-state index contributed by atoms with van der Waals surface area (Å²) in [5.41, 5.74) is 1.64. The summed E-state index contributed by atoms with van der Waals surface area (Å²) >= 11 is 0. The van der Waals surface area contributed by atoms with Crippen molar-refractivity contribution < 1.29 is 27.1 Å². The van der Waals surface area contributed by atoms with Crippen molar-refractivity contribution in [3.8, 4) is 17.0 Å². The van der Waals surface area contributed by atoms with Crippen LogP contribution in [0.2, 0.25) is 0 Å². The predicted molar refractivity (Wildman–Crippen MR) is 107 cm³/mol. The van der Waals surface area contributed by atoms with E-state index in [9.17, 15) is 22.4 Å². The molecule has 3 aromatic heterocycles. The number of hydrogen-bond donors (Lipinski definition) is 0. The van der Waals surface area contributed by atoms with Crippen LogP contribution in [0, 0.1) is 12.9 Å². The summed E-state index contributed by atoms with van der Waals surface area (Å²) < 4.78 is 57.6. The first-order chi connectivity index (χ1) is 14.9. The molecule has 1 aliphatic heterocycles. The van der Waals surface area contributed by atoms with Gasteiger partial charge in [-0.15, -0.1) is 0 Å². The average molecular weight is 449 g/mol. The molecule has 0 unspecified atom stereocenters. The molecule has 1 amide bonds. The Morgan fingerprint density at radius 1 is 1.19 bits per heavy atom. The van der Waals surface area contributed by atoms with Gasteiger partial charge in [-0.05, 0) is 38.5 Å². The van der Waals surface area contributed by atoms with Gasteiger partial charge in [0, 0.05) is 18.0 Å². The van der Waals surface area contributed by atoms with E-state index in [1.165, 1.54) is 36.7 Å². The van der Waals surface area contributed by atoms with E-state index in [0.29, 0.717) is 28.1 Å². The van der Waals surface area contributed by atoms with Crippen molar-refractivity contribution in [2.45, 2.75) is 39.0 Å². The Morgan fingerprint density at radius 2 is 1.91 bits per heavy atom. The first-order valence-corrected chi connectivity index (χ1v) is 9.58. The maximum atomic E-state index is 13.7. The third-order valence-corrected chi connectivity index (χ3v) is 5.31. The number of anilines is 1. The zero-order chi connectivity index (χ0) is 23.4. The van der Waals surface area contributed by atoms with Gasteiger partial charge in [0.15, 0.2) is 5.75 Å². The predicted octanol–water partition coefficient (Wildman–Crippen LogP) is 4.25. The third kappa shape index (κ3) is 3.57. The van der Waals surface area contributed by atoms with Crippen LogP contribution in [0.5, 0.6) is 5.75 Å². The number of aromatic nitrogens is 4. The van der Waals surface area contributed by atoms with Crippen LogP contribution in [0.3, 0.4) is 0 Å². The molecule has 0 spiro atoms. The van der Waals surface area contributed by atoms with Crippen LogP contribution in [-0.2, 0) is 12.1 Å². The molecule has 168 valence electrons. The molecule has 1 aliphatic rings. The SMILES string of the molecule is COc1cc(-c2cc(C)c3c(n2)C(C)(C)N(c2cnn(CC(F)(F)F)c2)C3=O)cnc1F. The molecule has 4 rings (SSSR count). The van der Waals surface area contributed by atoms with Gasteiger partial charge in [-0.1, -0.05) is 0 Å². The monoisotopic (exact) mass is 449 g/mol. The summed E-state index contributed by atoms with van der Waals surface area (Å²) in [6.07, 6.45) is -0.713. The van der Waals surface area contributed by atoms with Crippen LogP contribution in [0.4, 0.5) is 23.2 Å². The van der Waals surface area contributed by atoms with E-state index in [1.807, 2.05) is 0 Å². The number of fused-ring (bicyclic) bond motifs is 1. The molecular weight excluding hydrogens is 430 g/mol. The number of carbonyl (C=O) groups excluding carboxylic acids is 1. The van der Waals surface area contributed by atoms with E-state index >= 15 is 0 Å². The number of rotatable bonds is 4. The number of aryl methyl sites for hydroxylation is 1. The van der Waals surface area contributed by atoms with E-state index < -0.39 is 24.2 Å². The van der Waals surface area contributed by atoms with Crippen molar-refractivity contribution in [1.29, 1.82) is 0 Å². The van der Waals surface area contributed by atoms with E-state index in [1.54, 1.807) is 26.8 Å².